The third-order valence-electron chi connectivity index (χ3n) is 3.11. The third-order valence-corrected chi connectivity index (χ3v) is 3.31. The molecule has 0 atom stereocenters. The molecular formula is C17H18FN3OS. The predicted octanol–water partition coefficient (Wildman–Crippen LogP) is 3.69. The van der Waals surface area contributed by atoms with Crippen molar-refractivity contribution in [3.05, 3.63) is 66.0 Å². The molecule has 2 aromatic carbocycles. The number of benzene rings is 2. The van der Waals surface area contributed by atoms with Gasteiger partial charge in [0.25, 0.3) is 0 Å². The highest BCUT2D eigenvalue weighted by Crippen LogP contribution is 2.22. The summed E-state index contributed by atoms with van der Waals surface area (Å²) < 4.78 is 18.2. The number of hydrazine groups is 1. The van der Waals surface area contributed by atoms with Crippen LogP contribution in [-0.4, -0.2) is 12.2 Å². The van der Waals surface area contributed by atoms with Crippen LogP contribution in [0.2, 0.25) is 0 Å². The fraction of sp³-hybridized carbons (Fsp3) is 0.118. The Bertz CT molecular complexity index is 701. The lowest BCUT2D eigenvalue weighted by Gasteiger charge is -2.16. The summed E-state index contributed by atoms with van der Waals surface area (Å²) in [5.41, 5.74) is 8.30. The van der Waals surface area contributed by atoms with Crippen molar-refractivity contribution in [1.29, 1.82) is 0 Å². The van der Waals surface area contributed by atoms with Crippen LogP contribution < -0.4 is 20.9 Å². The van der Waals surface area contributed by atoms with Gasteiger partial charge in [0.05, 0.1) is 18.5 Å². The first kappa shape index (κ1) is 16.8. The van der Waals surface area contributed by atoms with Crippen LogP contribution in [0.1, 0.15) is 12.5 Å². The Morgan fingerprint density at radius 2 is 1.78 bits per heavy atom. The SMILES string of the molecule is C/C=C(\NNC(=S)Nc1ccccc1OC)c1ccc(F)cc1. The molecule has 0 bridgehead atoms. The minimum absolute atomic E-state index is 0.273. The molecule has 0 aliphatic rings. The molecule has 0 heterocycles. The molecule has 0 fully saturated rings. The number of para-hydroxylation sites is 2. The first-order chi connectivity index (χ1) is 11.1. The molecule has 0 aliphatic carbocycles. The van der Waals surface area contributed by atoms with Gasteiger partial charge in [0.1, 0.15) is 11.6 Å². The van der Waals surface area contributed by atoms with E-state index in [1.807, 2.05) is 37.3 Å². The van der Waals surface area contributed by atoms with E-state index >= 15 is 0 Å². The minimum atomic E-state index is -0.273. The van der Waals surface area contributed by atoms with E-state index in [1.54, 1.807) is 19.2 Å². The molecular weight excluding hydrogens is 313 g/mol. The van der Waals surface area contributed by atoms with Gasteiger partial charge >= 0.3 is 0 Å². The highest BCUT2D eigenvalue weighted by molar-refractivity contribution is 7.80. The molecule has 0 spiro atoms. The molecule has 0 amide bonds. The Hall–Kier alpha value is -2.60. The van der Waals surface area contributed by atoms with E-state index in [-0.39, 0.29) is 5.82 Å². The monoisotopic (exact) mass is 331 g/mol. The zero-order valence-corrected chi connectivity index (χ0v) is 13.7. The molecule has 2 aromatic rings. The Balaban J connectivity index is 1.96. The number of thiocarbonyl (C=S) groups is 1. The van der Waals surface area contributed by atoms with Crippen LogP contribution in [0.3, 0.4) is 0 Å². The number of rotatable bonds is 5. The maximum atomic E-state index is 13.0. The van der Waals surface area contributed by atoms with E-state index in [1.165, 1.54) is 12.1 Å². The molecule has 0 aliphatic heterocycles. The lowest BCUT2D eigenvalue weighted by atomic mass is 10.1. The highest BCUT2D eigenvalue weighted by atomic mass is 32.1. The van der Waals surface area contributed by atoms with Gasteiger partial charge in [-0.25, -0.2) is 4.39 Å². The average Bonchev–Trinajstić information content (AvgIpc) is 2.57. The summed E-state index contributed by atoms with van der Waals surface area (Å²) >= 11 is 5.25. The number of hydrogen-bond acceptors (Lipinski definition) is 3. The summed E-state index contributed by atoms with van der Waals surface area (Å²) in [6.45, 7) is 1.88. The zero-order chi connectivity index (χ0) is 16.7. The van der Waals surface area contributed by atoms with Gasteiger partial charge in [-0.05, 0) is 61.1 Å². The second-order valence-electron chi connectivity index (χ2n) is 4.61. The highest BCUT2D eigenvalue weighted by Gasteiger charge is 2.05. The van der Waals surface area contributed by atoms with E-state index in [0.29, 0.717) is 10.9 Å². The van der Waals surface area contributed by atoms with Crippen LogP contribution in [-0.2, 0) is 0 Å². The fourth-order valence-electron chi connectivity index (χ4n) is 1.97. The minimum Gasteiger partial charge on any atom is -0.495 e. The van der Waals surface area contributed by atoms with Gasteiger partial charge < -0.3 is 10.1 Å². The molecule has 23 heavy (non-hydrogen) atoms. The van der Waals surface area contributed by atoms with E-state index in [9.17, 15) is 4.39 Å². The van der Waals surface area contributed by atoms with Crippen molar-refractivity contribution < 1.29 is 9.13 Å². The topological polar surface area (TPSA) is 45.3 Å². The predicted molar refractivity (Wildman–Crippen MR) is 95.5 cm³/mol. The van der Waals surface area contributed by atoms with Crippen molar-refractivity contribution in [3.63, 3.8) is 0 Å². The molecule has 3 N–H and O–H groups in total. The van der Waals surface area contributed by atoms with Crippen molar-refractivity contribution in [2.45, 2.75) is 6.92 Å². The second kappa shape index (κ2) is 8.14. The second-order valence-corrected chi connectivity index (χ2v) is 5.02. The molecule has 0 unspecified atom stereocenters. The van der Waals surface area contributed by atoms with Gasteiger partial charge in [0, 0.05) is 0 Å². The van der Waals surface area contributed by atoms with E-state index < -0.39 is 0 Å². The van der Waals surface area contributed by atoms with E-state index in [0.717, 1.165) is 16.9 Å². The quantitative estimate of drug-likeness (QED) is 0.576. The van der Waals surface area contributed by atoms with Crippen LogP contribution in [0, 0.1) is 5.82 Å². The van der Waals surface area contributed by atoms with Crippen molar-refractivity contribution in [1.82, 2.24) is 10.9 Å². The van der Waals surface area contributed by atoms with Gasteiger partial charge in [0.15, 0.2) is 5.11 Å². The molecule has 0 radical (unpaired) electrons. The fourth-order valence-corrected chi connectivity index (χ4v) is 2.13. The van der Waals surface area contributed by atoms with Gasteiger partial charge in [-0.3, -0.25) is 10.9 Å². The van der Waals surface area contributed by atoms with Crippen molar-refractivity contribution in [2.24, 2.45) is 0 Å². The maximum Gasteiger partial charge on any atom is 0.189 e. The average molecular weight is 331 g/mol. The van der Waals surface area contributed by atoms with Gasteiger partial charge in [-0.2, -0.15) is 0 Å². The van der Waals surface area contributed by atoms with Crippen LogP contribution >= 0.6 is 12.2 Å². The number of hydrogen-bond donors (Lipinski definition) is 3. The van der Waals surface area contributed by atoms with E-state index in [2.05, 4.69) is 16.2 Å². The molecule has 4 nitrogen and oxygen atoms in total. The number of halogens is 1. The molecule has 0 saturated heterocycles. The lowest BCUT2D eigenvalue weighted by molar-refractivity contribution is 0.417. The first-order valence-electron chi connectivity index (χ1n) is 7.02. The Morgan fingerprint density at radius 3 is 2.43 bits per heavy atom. The molecule has 120 valence electrons. The Morgan fingerprint density at radius 1 is 1.09 bits per heavy atom. The maximum absolute atomic E-state index is 13.0. The van der Waals surface area contributed by atoms with Crippen molar-refractivity contribution >= 4 is 28.7 Å². The first-order valence-corrected chi connectivity index (χ1v) is 7.43. The molecule has 6 heteroatoms. The number of nitrogens with one attached hydrogen (secondary N) is 3. The standard InChI is InChI=1S/C17H18FN3OS/c1-3-14(12-8-10-13(18)11-9-12)20-21-17(23)19-15-6-4-5-7-16(15)22-2/h3-11,20H,1-2H3,(H2,19,21,23)/b14-3-. The molecule has 0 aromatic heterocycles. The summed E-state index contributed by atoms with van der Waals surface area (Å²) in [5.74, 6) is 0.423. The van der Waals surface area contributed by atoms with Crippen LogP contribution in [0.15, 0.2) is 54.6 Å². The van der Waals surface area contributed by atoms with Gasteiger partial charge in [-0.1, -0.05) is 18.2 Å². The summed E-state index contributed by atoms with van der Waals surface area (Å²) in [6.07, 6.45) is 1.87. The van der Waals surface area contributed by atoms with Crippen molar-refractivity contribution in [3.8, 4) is 5.75 Å². The summed E-state index contributed by atoms with van der Waals surface area (Å²) in [5, 5.41) is 3.43. The molecule has 2 rings (SSSR count). The normalized spacial score (nSPS) is 10.8. The van der Waals surface area contributed by atoms with Crippen LogP contribution in [0.5, 0.6) is 5.75 Å². The van der Waals surface area contributed by atoms with Gasteiger partial charge in [-0.15, -0.1) is 0 Å². The van der Waals surface area contributed by atoms with Gasteiger partial charge in [0.2, 0.25) is 0 Å². The van der Waals surface area contributed by atoms with Crippen molar-refractivity contribution in [2.75, 3.05) is 12.4 Å². The number of allylic oxidation sites excluding steroid dienone is 1. The largest absolute Gasteiger partial charge is 0.495 e. The molecule has 0 saturated carbocycles. The Kier molecular flexibility index (Phi) is 5.94. The van der Waals surface area contributed by atoms with Crippen LogP contribution in [0.4, 0.5) is 10.1 Å². The lowest BCUT2D eigenvalue weighted by Crippen LogP contribution is -2.39. The third kappa shape index (κ3) is 4.69. The number of anilines is 1. The summed E-state index contributed by atoms with van der Waals surface area (Å²) in [7, 11) is 1.60. The number of methoxy groups -OCH3 is 1. The smallest absolute Gasteiger partial charge is 0.189 e. The zero-order valence-electron chi connectivity index (χ0n) is 12.9. The van der Waals surface area contributed by atoms with E-state index in [4.69, 9.17) is 17.0 Å². The summed E-state index contributed by atoms with van der Waals surface area (Å²) in [6, 6.07) is 13.7. The van der Waals surface area contributed by atoms with Crippen LogP contribution in [0.25, 0.3) is 5.70 Å². The number of ether oxygens (including phenoxy) is 1. The Labute approximate surface area is 140 Å². The summed E-state index contributed by atoms with van der Waals surface area (Å²) in [4.78, 5) is 0.